The number of hydrogen-bond acceptors (Lipinski definition) is 2. The van der Waals surface area contributed by atoms with Gasteiger partial charge in [0.15, 0.2) is 11.6 Å². The van der Waals surface area contributed by atoms with E-state index in [2.05, 4.69) is 19.1 Å². The van der Waals surface area contributed by atoms with Gasteiger partial charge in [0.2, 0.25) is 0 Å². The zero-order chi connectivity index (χ0) is 20.8. The smallest absolute Gasteiger partial charge is 0.193 e. The second-order valence-electron chi connectivity index (χ2n) is 7.64. The number of carbonyl (C=O) groups is 2. The Hall–Kier alpha value is -3.00. The lowest BCUT2D eigenvalue weighted by Crippen LogP contribution is -2.12. The molecule has 1 aliphatic carbocycles. The Balaban J connectivity index is 1.91. The minimum Gasteiger partial charge on any atom is -0.294 e. The summed E-state index contributed by atoms with van der Waals surface area (Å²) < 4.78 is 0. The van der Waals surface area contributed by atoms with Crippen molar-refractivity contribution in [2.24, 2.45) is 5.92 Å². The molecular formula is C27H28O2. The summed E-state index contributed by atoms with van der Waals surface area (Å²) in [6.07, 6.45) is 8.48. The van der Waals surface area contributed by atoms with Crippen molar-refractivity contribution in [3.8, 4) is 0 Å². The molecule has 0 heterocycles. The molecule has 3 rings (SSSR count). The molecule has 0 radical (unpaired) electrons. The Morgan fingerprint density at radius 2 is 1.55 bits per heavy atom. The van der Waals surface area contributed by atoms with E-state index in [1.165, 1.54) is 0 Å². The minimum atomic E-state index is -0.0732. The molecule has 0 aliphatic heterocycles. The van der Waals surface area contributed by atoms with E-state index < -0.39 is 0 Å². The van der Waals surface area contributed by atoms with Crippen molar-refractivity contribution in [2.75, 3.05) is 0 Å². The van der Waals surface area contributed by atoms with Crippen LogP contribution in [0.2, 0.25) is 0 Å². The van der Waals surface area contributed by atoms with E-state index in [9.17, 15) is 9.59 Å². The maximum Gasteiger partial charge on any atom is 0.193 e. The molecule has 0 saturated heterocycles. The number of Topliss-reactive ketones (excluding diaryl/α,β-unsaturated/α-hetero) is 2. The van der Waals surface area contributed by atoms with Gasteiger partial charge in [-0.1, -0.05) is 85.3 Å². The van der Waals surface area contributed by atoms with Crippen LogP contribution < -0.4 is 0 Å². The second-order valence-corrected chi connectivity index (χ2v) is 7.64. The van der Waals surface area contributed by atoms with E-state index >= 15 is 0 Å². The van der Waals surface area contributed by atoms with Gasteiger partial charge in [0, 0.05) is 22.6 Å². The van der Waals surface area contributed by atoms with Crippen LogP contribution in [0.5, 0.6) is 0 Å². The summed E-state index contributed by atoms with van der Waals surface area (Å²) in [6.45, 7) is 6.08. The van der Waals surface area contributed by atoms with Crippen molar-refractivity contribution in [1.29, 1.82) is 0 Å². The number of hydrogen-bond donors (Lipinski definition) is 0. The van der Waals surface area contributed by atoms with Crippen LogP contribution in [0.1, 0.15) is 66.3 Å². The molecule has 1 saturated carbocycles. The van der Waals surface area contributed by atoms with Crippen molar-refractivity contribution in [3.63, 3.8) is 0 Å². The van der Waals surface area contributed by atoms with Crippen molar-refractivity contribution in [3.05, 3.63) is 101 Å². The average Bonchev–Trinajstić information content (AvgIpc) is 3.61. The molecule has 148 valence electrons. The standard InChI is InChI=1S/C27H28O2/c1-4-19(2)23(16-10-11-20(3)21-12-6-5-7-13-21)27(29)25-15-9-8-14-24(25)26(28)22-17-18-22/h5-16,22H,4,17-18H2,1-3H3/b16-10-,20-11+,23-19-. The van der Waals surface area contributed by atoms with E-state index in [0.717, 1.165) is 36.0 Å². The molecule has 2 nitrogen and oxygen atoms in total. The van der Waals surface area contributed by atoms with Gasteiger partial charge in [-0.15, -0.1) is 0 Å². The Kier molecular flexibility index (Phi) is 6.77. The Morgan fingerprint density at radius 3 is 2.17 bits per heavy atom. The predicted molar refractivity (Wildman–Crippen MR) is 120 cm³/mol. The largest absolute Gasteiger partial charge is 0.294 e. The summed E-state index contributed by atoms with van der Waals surface area (Å²) in [5, 5.41) is 0. The summed E-state index contributed by atoms with van der Waals surface area (Å²) in [5.41, 5.74) is 5.05. The quantitative estimate of drug-likeness (QED) is 0.283. The lowest BCUT2D eigenvalue weighted by Gasteiger charge is -2.10. The van der Waals surface area contributed by atoms with E-state index in [-0.39, 0.29) is 17.5 Å². The Bertz CT molecular complexity index is 986. The molecule has 2 heteroatoms. The predicted octanol–water partition coefficient (Wildman–Crippen LogP) is 6.85. The van der Waals surface area contributed by atoms with Gasteiger partial charge in [0.1, 0.15) is 0 Å². The first-order valence-electron chi connectivity index (χ1n) is 10.3. The number of carbonyl (C=O) groups excluding carboxylic acids is 2. The Morgan fingerprint density at radius 1 is 0.931 bits per heavy atom. The van der Waals surface area contributed by atoms with Gasteiger partial charge in [-0.05, 0) is 44.2 Å². The molecule has 0 bridgehead atoms. The van der Waals surface area contributed by atoms with Crippen LogP contribution in [0.25, 0.3) is 5.57 Å². The molecule has 2 aromatic rings. The Labute approximate surface area is 173 Å². The molecule has 0 spiro atoms. The van der Waals surface area contributed by atoms with E-state index in [0.29, 0.717) is 16.7 Å². The van der Waals surface area contributed by atoms with Gasteiger partial charge < -0.3 is 0 Å². The molecule has 0 N–H and O–H groups in total. The topological polar surface area (TPSA) is 34.1 Å². The highest BCUT2D eigenvalue weighted by atomic mass is 16.1. The van der Waals surface area contributed by atoms with Gasteiger partial charge in [-0.25, -0.2) is 0 Å². The summed E-state index contributed by atoms with van der Waals surface area (Å²) >= 11 is 0. The normalized spacial score (nSPS) is 15.3. The summed E-state index contributed by atoms with van der Waals surface area (Å²) in [5.74, 6) is 0.123. The molecule has 1 fully saturated rings. The van der Waals surface area contributed by atoms with Gasteiger partial charge in [0.25, 0.3) is 0 Å². The van der Waals surface area contributed by atoms with Crippen LogP contribution >= 0.6 is 0 Å². The molecule has 2 aromatic carbocycles. The van der Waals surface area contributed by atoms with Gasteiger partial charge >= 0.3 is 0 Å². The molecule has 0 aromatic heterocycles. The molecule has 0 unspecified atom stereocenters. The van der Waals surface area contributed by atoms with Crippen molar-refractivity contribution < 1.29 is 9.59 Å². The van der Waals surface area contributed by atoms with E-state index in [1.54, 1.807) is 12.1 Å². The molecule has 1 aliphatic rings. The fourth-order valence-electron chi connectivity index (χ4n) is 3.29. The van der Waals surface area contributed by atoms with Crippen LogP contribution in [0, 0.1) is 5.92 Å². The zero-order valence-corrected chi connectivity index (χ0v) is 17.4. The van der Waals surface area contributed by atoms with Crippen molar-refractivity contribution in [2.45, 2.75) is 40.0 Å². The van der Waals surface area contributed by atoms with Crippen LogP contribution in [0.3, 0.4) is 0 Å². The third-order valence-corrected chi connectivity index (χ3v) is 5.46. The van der Waals surface area contributed by atoms with Crippen LogP contribution in [-0.2, 0) is 0 Å². The maximum absolute atomic E-state index is 13.4. The monoisotopic (exact) mass is 384 g/mol. The lowest BCUT2D eigenvalue weighted by atomic mass is 9.91. The fraction of sp³-hybridized carbons (Fsp3) is 0.259. The summed E-state index contributed by atoms with van der Waals surface area (Å²) in [4.78, 5) is 26.0. The SMILES string of the molecule is CC/C(C)=C(/C=C\C=C(/C)c1ccccc1)C(=O)c1ccccc1C(=O)C1CC1. The van der Waals surface area contributed by atoms with Crippen LogP contribution in [-0.4, -0.2) is 11.6 Å². The summed E-state index contributed by atoms with van der Waals surface area (Å²) in [7, 11) is 0. The minimum absolute atomic E-state index is 0.0732. The highest BCUT2D eigenvalue weighted by molar-refractivity contribution is 6.17. The van der Waals surface area contributed by atoms with Gasteiger partial charge in [-0.3, -0.25) is 9.59 Å². The number of rotatable bonds is 8. The zero-order valence-electron chi connectivity index (χ0n) is 17.4. The fourth-order valence-corrected chi connectivity index (χ4v) is 3.29. The first kappa shape index (κ1) is 20.7. The first-order chi connectivity index (χ1) is 14.0. The molecule has 0 atom stereocenters. The molecular weight excluding hydrogens is 356 g/mol. The average molecular weight is 385 g/mol. The third-order valence-electron chi connectivity index (χ3n) is 5.46. The molecule has 0 amide bonds. The second kappa shape index (κ2) is 9.47. The van der Waals surface area contributed by atoms with Crippen molar-refractivity contribution >= 4 is 17.1 Å². The van der Waals surface area contributed by atoms with E-state index in [1.807, 2.05) is 62.4 Å². The van der Waals surface area contributed by atoms with Gasteiger partial charge in [0.05, 0.1) is 0 Å². The van der Waals surface area contributed by atoms with Crippen LogP contribution in [0.4, 0.5) is 0 Å². The van der Waals surface area contributed by atoms with Crippen LogP contribution in [0.15, 0.2) is 84.0 Å². The number of benzene rings is 2. The van der Waals surface area contributed by atoms with E-state index in [4.69, 9.17) is 0 Å². The lowest BCUT2D eigenvalue weighted by molar-refractivity contribution is 0.0954. The highest BCUT2D eigenvalue weighted by Crippen LogP contribution is 2.34. The van der Waals surface area contributed by atoms with Gasteiger partial charge in [-0.2, -0.15) is 0 Å². The molecule has 29 heavy (non-hydrogen) atoms. The van der Waals surface area contributed by atoms with Crippen molar-refractivity contribution in [1.82, 2.24) is 0 Å². The summed E-state index contributed by atoms with van der Waals surface area (Å²) in [6, 6.07) is 17.4. The third kappa shape index (κ3) is 5.08. The maximum atomic E-state index is 13.4. The number of ketones is 2. The first-order valence-corrected chi connectivity index (χ1v) is 10.3. The number of allylic oxidation sites excluding steroid dienone is 6. The highest BCUT2D eigenvalue weighted by Gasteiger charge is 2.32.